The summed E-state index contributed by atoms with van der Waals surface area (Å²) < 4.78 is 0. The molecule has 0 radical (unpaired) electrons. The molecule has 0 aliphatic heterocycles. The highest BCUT2D eigenvalue weighted by Gasteiger charge is 2.40. The van der Waals surface area contributed by atoms with Crippen molar-refractivity contribution >= 4 is 5.97 Å². The van der Waals surface area contributed by atoms with Crippen molar-refractivity contribution in [1.29, 1.82) is 0 Å². The average molecular weight is 186 g/mol. The van der Waals surface area contributed by atoms with Gasteiger partial charge in [-0.25, -0.2) is 4.79 Å². The largest absolute Gasteiger partial charge is 0.479 e. The van der Waals surface area contributed by atoms with Gasteiger partial charge < -0.3 is 10.2 Å². The van der Waals surface area contributed by atoms with Crippen LogP contribution in [0.1, 0.15) is 39.5 Å². The molecule has 1 saturated carbocycles. The SMILES string of the molecule is CC1CCC(C(C)(O)C(=O)O)CC1. The average Bonchev–Trinajstić information content (AvgIpc) is 2.04. The molecular formula is C10H18O3. The molecule has 1 fully saturated rings. The molecule has 3 nitrogen and oxygen atoms in total. The normalized spacial score (nSPS) is 33.8. The number of hydrogen-bond acceptors (Lipinski definition) is 2. The van der Waals surface area contributed by atoms with Gasteiger partial charge in [0.25, 0.3) is 0 Å². The van der Waals surface area contributed by atoms with Crippen LogP contribution in [0.5, 0.6) is 0 Å². The molecule has 0 aromatic heterocycles. The highest BCUT2D eigenvalue weighted by Crippen LogP contribution is 2.35. The van der Waals surface area contributed by atoms with E-state index >= 15 is 0 Å². The van der Waals surface area contributed by atoms with Crippen molar-refractivity contribution in [3.8, 4) is 0 Å². The maximum Gasteiger partial charge on any atom is 0.335 e. The number of carboxylic acids is 1. The summed E-state index contributed by atoms with van der Waals surface area (Å²) in [4.78, 5) is 10.8. The molecular weight excluding hydrogens is 168 g/mol. The molecule has 3 heteroatoms. The van der Waals surface area contributed by atoms with Gasteiger partial charge in [0.2, 0.25) is 0 Å². The summed E-state index contributed by atoms with van der Waals surface area (Å²) in [6, 6.07) is 0. The number of carbonyl (C=O) groups is 1. The minimum atomic E-state index is -1.53. The minimum Gasteiger partial charge on any atom is -0.479 e. The van der Waals surface area contributed by atoms with E-state index < -0.39 is 11.6 Å². The topological polar surface area (TPSA) is 57.5 Å². The molecule has 0 aromatic carbocycles. The molecule has 1 aliphatic carbocycles. The standard InChI is InChI=1S/C10H18O3/c1-7-3-5-8(6-4-7)10(2,13)9(11)12/h7-8,13H,3-6H2,1-2H3,(H,11,12). The summed E-state index contributed by atoms with van der Waals surface area (Å²) >= 11 is 0. The van der Waals surface area contributed by atoms with E-state index in [1.807, 2.05) is 0 Å². The molecule has 0 amide bonds. The zero-order valence-corrected chi connectivity index (χ0v) is 8.29. The number of aliphatic hydroxyl groups is 1. The molecule has 0 spiro atoms. The van der Waals surface area contributed by atoms with E-state index in [9.17, 15) is 9.90 Å². The van der Waals surface area contributed by atoms with Gasteiger partial charge >= 0.3 is 5.97 Å². The van der Waals surface area contributed by atoms with Crippen molar-refractivity contribution in [2.45, 2.75) is 45.1 Å². The third kappa shape index (κ3) is 2.21. The fourth-order valence-electron chi connectivity index (χ4n) is 2.00. The van der Waals surface area contributed by atoms with E-state index in [1.165, 1.54) is 6.92 Å². The Morgan fingerprint density at radius 1 is 1.31 bits per heavy atom. The van der Waals surface area contributed by atoms with E-state index in [0.717, 1.165) is 25.7 Å². The summed E-state index contributed by atoms with van der Waals surface area (Å²) in [6.07, 6.45) is 3.74. The predicted molar refractivity (Wildman–Crippen MR) is 49.4 cm³/mol. The van der Waals surface area contributed by atoms with Crippen LogP contribution in [0.3, 0.4) is 0 Å². The maximum atomic E-state index is 10.8. The molecule has 13 heavy (non-hydrogen) atoms. The summed E-state index contributed by atoms with van der Waals surface area (Å²) in [7, 11) is 0. The molecule has 1 unspecified atom stereocenters. The quantitative estimate of drug-likeness (QED) is 0.689. The Labute approximate surface area is 78.8 Å². The van der Waals surface area contributed by atoms with Gasteiger partial charge in [-0.3, -0.25) is 0 Å². The van der Waals surface area contributed by atoms with Crippen LogP contribution < -0.4 is 0 Å². The lowest BCUT2D eigenvalue weighted by molar-refractivity contribution is -0.164. The fraction of sp³-hybridized carbons (Fsp3) is 0.900. The van der Waals surface area contributed by atoms with Gasteiger partial charge in [0.05, 0.1) is 0 Å². The second kappa shape index (κ2) is 3.66. The van der Waals surface area contributed by atoms with E-state index in [0.29, 0.717) is 5.92 Å². The van der Waals surface area contributed by atoms with Crippen LogP contribution in [-0.2, 0) is 4.79 Å². The van der Waals surface area contributed by atoms with Crippen LogP contribution in [0.25, 0.3) is 0 Å². The molecule has 0 heterocycles. The van der Waals surface area contributed by atoms with Gasteiger partial charge in [0.15, 0.2) is 5.60 Å². The Kier molecular flexibility index (Phi) is 2.96. The van der Waals surface area contributed by atoms with Crippen molar-refractivity contribution in [2.75, 3.05) is 0 Å². The minimum absolute atomic E-state index is 0.0683. The smallest absolute Gasteiger partial charge is 0.335 e. The Balaban J connectivity index is 2.58. The highest BCUT2D eigenvalue weighted by atomic mass is 16.4. The lowest BCUT2D eigenvalue weighted by Gasteiger charge is -2.34. The summed E-state index contributed by atoms with van der Waals surface area (Å²) in [5.74, 6) is -0.478. The van der Waals surface area contributed by atoms with Gasteiger partial charge in [-0.15, -0.1) is 0 Å². The third-order valence-corrected chi connectivity index (χ3v) is 3.24. The van der Waals surface area contributed by atoms with Crippen molar-refractivity contribution < 1.29 is 15.0 Å². The lowest BCUT2D eigenvalue weighted by atomic mass is 9.75. The first-order chi connectivity index (χ1) is 5.94. The van der Waals surface area contributed by atoms with Gasteiger partial charge in [-0.1, -0.05) is 19.8 Å². The fourth-order valence-corrected chi connectivity index (χ4v) is 2.00. The number of rotatable bonds is 2. The number of aliphatic carboxylic acids is 1. The van der Waals surface area contributed by atoms with Crippen molar-refractivity contribution in [1.82, 2.24) is 0 Å². The van der Waals surface area contributed by atoms with Gasteiger partial charge in [-0.2, -0.15) is 0 Å². The molecule has 1 rings (SSSR count). The van der Waals surface area contributed by atoms with Crippen LogP contribution in [0.4, 0.5) is 0 Å². The maximum absolute atomic E-state index is 10.8. The third-order valence-electron chi connectivity index (χ3n) is 3.24. The van der Waals surface area contributed by atoms with Crippen LogP contribution in [0.2, 0.25) is 0 Å². The molecule has 0 bridgehead atoms. The molecule has 2 N–H and O–H groups in total. The van der Waals surface area contributed by atoms with Crippen LogP contribution in [-0.4, -0.2) is 21.8 Å². The van der Waals surface area contributed by atoms with Crippen molar-refractivity contribution in [3.05, 3.63) is 0 Å². The molecule has 0 aromatic rings. The summed E-state index contributed by atoms with van der Waals surface area (Å²) in [5, 5.41) is 18.5. The van der Waals surface area contributed by atoms with Crippen molar-refractivity contribution in [2.24, 2.45) is 11.8 Å². The number of carboxylic acid groups (broad SMARTS) is 1. The van der Waals surface area contributed by atoms with Crippen molar-refractivity contribution in [3.63, 3.8) is 0 Å². The Bertz CT molecular complexity index is 190. The van der Waals surface area contributed by atoms with E-state index in [2.05, 4.69) is 6.92 Å². The molecule has 0 saturated heterocycles. The Morgan fingerprint density at radius 3 is 2.15 bits per heavy atom. The first-order valence-electron chi connectivity index (χ1n) is 4.90. The van der Waals surface area contributed by atoms with E-state index in [-0.39, 0.29) is 5.92 Å². The zero-order valence-electron chi connectivity index (χ0n) is 8.29. The Morgan fingerprint density at radius 2 is 1.77 bits per heavy atom. The molecule has 1 atom stereocenters. The van der Waals surface area contributed by atoms with Crippen LogP contribution in [0.15, 0.2) is 0 Å². The van der Waals surface area contributed by atoms with Gasteiger partial charge in [-0.05, 0) is 31.6 Å². The zero-order chi connectivity index (χ0) is 10.1. The lowest BCUT2D eigenvalue weighted by Crippen LogP contribution is -2.44. The first kappa shape index (κ1) is 10.5. The first-order valence-corrected chi connectivity index (χ1v) is 4.90. The molecule has 1 aliphatic rings. The van der Waals surface area contributed by atoms with Crippen LogP contribution >= 0.6 is 0 Å². The monoisotopic (exact) mass is 186 g/mol. The van der Waals surface area contributed by atoms with Gasteiger partial charge in [0.1, 0.15) is 0 Å². The second-order valence-corrected chi connectivity index (χ2v) is 4.41. The Hall–Kier alpha value is -0.570. The van der Waals surface area contributed by atoms with Gasteiger partial charge in [0, 0.05) is 0 Å². The summed E-state index contributed by atoms with van der Waals surface area (Å²) in [6.45, 7) is 3.59. The summed E-state index contributed by atoms with van der Waals surface area (Å²) in [5.41, 5.74) is -1.53. The highest BCUT2D eigenvalue weighted by molar-refractivity contribution is 5.76. The second-order valence-electron chi connectivity index (χ2n) is 4.41. The predicted octanol–water partition coefficient (Wildman–Crippen LogP) is 1.65. The van der Waals surface area contributed by atoms with E-state index in [4.69, 9.17) is 5.11 Å². The van der Waals surface area contributed by atoms with E-state index in [1.54, 1.807) is 0 Å². The number of hydrogen-bond donors (Lipinski definition) is 2. The van der Waals surface area contributed by atoms with Crippen LogP contribution in [0, 0.1) is 11.8 Å². The molecule has 76 valence electrons.